The minimum absolute atomic E-state index is 0.0168. The van der Waals surface area contributed by atoms with Crippen LogP contribution in [-0.4, -0.2) is 32.8 Å². The zero-order valence-electron chi connectivity index (χ0n) is 45.5. The average molecular weight is 1170 g/mol. The Labute approximate surface area is 484 Å². The first-order valence-corrected chi connectivity index (χ1v) is 31.7. The summed E-state index contributed by atoms with van der Waals surface area (Å²) in [6.45, 7) is 3.30. The van der Waals surface area contributed by atoms with Crippen LogP contribution in [0, 0.1) is 13.8 Å². The molecule has 0 aliphatic rings. The molecule has 0 aliphatic heterocycles. The molecule has 408 valence electrons. The molecule has 4 nitrogen and oxygen atoms in total. The van der Waals surface area contributed by atoms with Crippen LogP contribution in [0.1, 0.15) is 22.3 Å². The van der Waals surface area contributed by atoms with Crippen molar-refractivity contribution in [1.29, 1.82) is 0 Å². The van der Waals surface area contributed by atoms with Gasteiger partial charge in [-0.05, 0) is 37.6 Å². The number of hydrogen-bond acceptors (Lipinski definition) is 3. The van der Waals surface area contributed by atoms with Crippen LogP contribution in [0.5, 0.6) is 0 Å². The van der Waals surface area contributed by atoms with Gasteiger partial charge in [-0.1, -0.05) is 35.9 Å². The van der Waals surface area contributed by atoms with Gasteiger partial charge in [-0.15, -0.1) is 0 Å². The second-order valence-corrected chi connectivity index (χ2v) is 29.1. The fourth-order valence-electron chi connectivity index (χ4n) is 11.9. The molecule has 0 spiro atoms. The van der Waals surface area contributed by atoms with Crippen LogP contribution >= 0.6 is 0 Å². The predicted molar refractivity (Wildman–Crippen MR) is 330 cm³/mol. The van der Waals surface area contributed by atoms with Gasteiger partial charge in [-0.2, -0.15) is 26.3 Å². The van der Waals surface area contributed by atoms with E-state index in [9.17, 15) is 13.2 Å². The zero-order chi connectivity index (χ0) is 57.7. The van der Waals surface area contributed by atoms with Crippen LogP contribution in [0.25, 0.3) is 95.0 Å². The maximum atomic E-state index is 15.1. The quantitative estimate of drug-likeness (QED) is 0.0957. The van der Waals surface area contributed by atoms with Crippen molar-refractivity contribution in [3.8, 4) is 73.2 Å². The number of aryl methyl sites for hydroxylation is 2. The molecule has 0 fully saturated rings. The normalized spacial score (nSPS) is 12.0. The second-order valence-electron chi connectivity index (χ2n) is 21.1. The van der Waals surface area contributed by atoms with E-state index in [4.69, 9.17) is 15.0 Å². The van der Waals surface area contributed by atoms with E-state index in [1.807, 2.05) is 95.6 Å². The molecular weight excluding hydrogens is 1120 g/mol. The predicted octanol–water partition coefficient (Wildman–Crippen LogP) is 17.0. The van der Waals surface area contributed by atoms with Gasteiger partial charge in [0, 0.05) is 0 Å². The number of halogens is 6. The molecule has 11 aromatic carbocycles. The van der Waals surface area contributed by atoms with E-state index in [2.05, 4.69) is 127 Å². The molecule has 0 amide bonds. The Balaban J connectivity index is 1.12. The molecule has 0 bridgehead atoms. The monoisotopic (exact) mass is 1170 g/mol. The maximum Gasteiger partial charge on any atom is 0.417 e. The van der Waals surface area contributed by atoms with Crippen molar-refractivity contribution in [3.63, 3.8) is 0 Å². The van der Waals surface area contributed by atoms with Gasteiger partial charge in [0.05, 0.1) is 11.1 Å². The van der Waals surface area contributed by atoms with E-state index in [1.165, 1.54) is 35.8 Å². The fraction of sp³-hybridized carbons (Fsp3) is 0.0548. The molecule has 0 N–H and O–H groups in total. The number of aromatic nitrogens is 4. The third kappa shape index (κ3) is 9.85. The van der Waals surface area contributed by atoms with Crippen molar-refractivity contribution in [2.45, 2.75) is 26.2 Å². The molecule has 0 unspecified atom stereocenters. The van der Waals surface area contributed by atoms with Gasteiger partial charge in [-0.3, -0.25) is 0 Å². The van der Waals surface area contributed by atoms with E-state index in [0.29, 0.717) is 67.6 Å². The minimum atomic E-state index is -4.66. The first kappa shape index (κ1) is 53.7. The van der Waals surface area contributed by atoms with Gasteiger partial charge in [0.25, 0.3) is 0 Å². The van der Waals surface area contributed by atoms with Crippen LogP contribution in [-0.2, 0) is 12.4 Å². The molecule has 0 saturated carbocycles. The van der Waals surface area contributed by atoms with Crippen molar-refractivity contribution < 1.29 is 26.3 Å². The Morgan fingerprint density at radius 3 is 1.30 bits per heavy atom. The molecule has 84 heavy (non-hydrogen) atoms. The smallest absolute Gasteiger partial charge is 0.166 e. The van der Waals surface area contributed by atoms with Gasteiger partial charge in [0.15, 0.2) is 0 Å². The first-order chi connectivity index (χ1) is 40.7. The third-order valence-electron chi connectivity index (χ3n) is 15.9. The first-order valence-electron chi connectivity index (χ1n) is 27.5. The number of fused-ring (bicyclic) bond motifs is 3. The van der Waals surface area contributed by atoms with Gasteiger partial charge < -0.3 is 0 Å². The van der Waals surface area contributed by atoms with E-state index in [1.54, 1.807) is 32.0 Å². The summed E-state index contributed by atoms with van der Waals surface area (Å²) >= 11 is -3.80. The summed E-state index contributed by atoms with van der Waals surface area (Å²) in [5.41, 5.74) is 6.69. The summed E-state index contributed by atoms with van der Waals surface area (Å²) in [5.74, 6) is 1.18. The van der Waals surface area contributed by atoms with Gasteiger partial charge in [0.2, 0.25) is 0 Å². The molecule has 0 atom stereocenters. The Bertz CT molecular complexity index is 4430. The molecule has 11 heteroatoms. The molecule has 0 aliphatic carbocycles. The van der Waals surface area contributed by atoms with Crippen LogP contribution < -0.4 is 17.6 Å². The summed E-state index contributed by atoms with van der Waals surface area (Å²) in [6, 6.07) is 85.8. The SMILES string of the molecule is Cc1ccc(-c2ccc3c4ccc(-c5ccc(C(F)(F)F)cc5C)cc4n(-c4ccc(-c5ccc[c]([Ge]([c]6ccccc6)([c]6ccccc6)[c]6ccccc6)c5)cc4-c4nc(-c5ccccc5)nc(-c5ccccc5)n4)c3c2)c(C(F)(F)F)c1. The Kier molecular flexibility index (Phi) is 13.8. The molecule has 2 heterocycles. The number of alkyl halides is 6. The van der Waals surface area contributed by atoms with Gasteiger partial charge in [-0.25, -0.2) is 0 Å². The van der Waals surface area contributed by atoms with E-state index in [-0.39, 0.29) is 5.56 Å². The molecule has 0 saturated heterocycles. The number of benzene rings is 11. The van der Waals surface area contributed by atoms with Crippen molar-refractivity contribution in [1.82, 2.24) is 19.5 Å². The summed E-state index contributed by atoms with van der Waals surface area (Å²) in [4.78, 5) is 15.7. The summed E-state index contributed by atoms with van der Waals surface area (Å²) in [5, 5.41) is 1.51. The van der Waals surface area contributed by atoms with Crippen molar-refractivity contribution in [3.05, 3.63) is 289 Å². The Hall–Kier alpha value is -9.65. The number of nitrogens with zero attached hydrogens (tertiary/aromatic N) is 4. The number of rotatable bonds is 11. The fourth-order valence-corrected chi connectivity index (χ4v) is 22.0. The average Bonchev–Trinajstić information content (AvgIpc) is 2.20. The Morgan fingerprint density at radius 1 is 0.333 bits per heavy atom. The van der Waals surface area contributed by atoms with Gasteiger partial charge in [0.1, 0.15) is 0 Å². The molecular formula is C73H50F6GeN4. The maximum absolute atomic E-state index is 15.1. The molecule has 13 aromatic rings. The second kappa shape index (κ2) is 21.6. The van der Waals surface area contributed by atoms with Crippen LogP contribution in [0.15, 0.2) is 267 Å². The van der Waals surface area contributed by atoms with E-state index >= 15 is 13.2 Å². The summed E-state index contributed by atoms with van der Waals surface area (Å²) in [6.07, 6.45) is -9.20. The molecule has 0 radical (unpaired) electrons. The third-order valence-corrected chi connectivity index (χ3v) is 25.9. The topological polar surface area (TPSA) is 43.6 Å². The minimum Gasteiger partial charge on any atom is -0.166 e. The van der Waals surface area contributed by atoms with Gasteiger partial charge >= 0.3 is 376 Å². The van der Waals surface area contributed by atoms with Crippen LogP contribution in [0.2, 0.25) is 0 Å². The van der Waals surface area contributed by atoms with E-state index < -0.39 is 36.7 Å². The number of hydrogen-bond donors (Lipinski definition) is 0. The molecule has 13 rings (SSSR count). The van der Waals surface area contributed by atoms with Crippen molar-refractivity contribution >= 4 is 52.7 Å². The Morgan fingerprint density at radius 2 is 0.786 bits per heavy atom. The standard InChI is InChI=1S/C73H50F6GeN4/c1-47-31-36-61(65(41-47)73(77,78)79)54-33-38-63-62-37-32-53(60-39-35-55(42-48(60)2)72(74,75)76)45-67(62)84(68(63)46-54)66-40-34-52(44-64(66)71-82-69(49-19-8-3-9-20-49)81-70(83-71)50-21-10-4-11-22-50)51-23-18-30-59(43-51)80(56-24-12-5-13-25-56,57-26-14-6-15-27-57)58-28-16-7-17-29-58/h3-46H,1-2H3. The summed E-state index contributed by atoms with van der Waals surface area (Å²) in [7, 11) is 0. The van der Waals surface area contributed by atoms with Crippen LogP contribution in [0.3, 0.4) is 0 Å². The zero-order valence-corrected chi connectivity index (χ0v) is 47.6. The molecule has 2 aromatic heterocycles. The summed E-state index contributed by atoms with van der Waals surface area (Å²) < 4.78 is 94.5. The van der Waals surface area contributed by atoms with Crippen LogP contribution in [0.4, 0.5) is 26.3 Å². The van der Waals surface area contributed by atoms with E-state index in [0.717, 1.165) is 45.2 Å². The largest absolute Gasteiger partial charge is 0.417 e. The van der Waals surface area contributed by atoms with Crippen molar-refractivity contribution in [2.24, 2.45) is 0 Å². The van der Waals surface area contributed by atoms with Crippen molar-refractivity contribution in [2.75, 3.05) is 0 Å².